The van der Waals surface area contributed by atoms with Crippen molar-refractivity contribution in [2.75, 3.05) is 52.4 Å². The third-order valence-electron chi connectivity index (χ3n) is 2.84. The van der Waals surface area contributed by atoms with E-state index >= 15 is 0 Å². The molecule has 1 aromatic rings. The number of carbonyl (C=O) groups excluding carboxylic acids is 1. The maximum absolute atomic E-state index is 12.6. The summed E-state index contributed by atoms with van der Waals surface area (Å²) in [6.07, 6.45) is 3.26. The zero-order valence-electron chi connectivity index (χ0n) is 12.4. The minimum Gasteiger partial charge on any atom is -0.385 e. The van der Waals surface area contributed by atoms with Crippen molar-refractivity contribution in [2.45, 2.75) is 6.92 Å². The molecule has 6 heteroatoms. The van der Waals surface area contributed by atoms with E-state index in [1.807, 2.05) is 13.0 Å². The normalized spacial score (nSPS) is 10.3. The molecule has 1 N–H and O–H groups in total. The van der Waals surface area contributed by atoms with Gasteiger partial charge in [-0.3, -0.25) is 9.78 Å². The average molecular weight is 281 g/mol. The first-order valence-corrected chi connectivity index (χ1v) is 6.69. The average Bonchev–Trinajstić information content (AvgIpc) is 2.48. The summed E-state index contributed by atoms with van der Waals surface area (Å²) in [7, 11) is 3.24. The minimum atomic E-state index is -0.0665. The van der Waals surface area contributed by atoms with Crippen LogP contribution < -0.4 is 5.32 Å². The van der Waals surface area contributed by atoms with Gasteiger partial charge in [-0.15, -0.1) is 0 Å². The first-order valence-electron chi connectivity index (χ1n) is 6.69. The Morgan fingerprint density at radius 3 is 2.50 bits per heavy atom. The third kappa shape index (κ3) is 4.79. The summed E-state index contributed by atoms with van der Waals surface area (Å²) in [5.41, 5.74) is 1.37. The summed E-state index contributed by atoms with van der Waals surface area (Å²) in [5.74, 6) is -0.0665. The molecule has 0 atom stereocenters. The number of ether oxygens (including phenoxy) is 2. The van der Waals surface area contributed by atoms with Crippen LogP contribution in [0, 0.1) is 0 Å². The topological polar surface area (TPSA) is 63.7 Å². The van der Waals surface area contributed by atoms with Gasteiger partial charge in [-0.25, -0.2) is 0 Å². The van der Waals surface area contributed by atoms with Gasteiger partial charge in [0.15, 0.2) is 0 Å². The minimum absolute atomic E-state index is 0.0665. The van der Waals surface area contributed by atoms with Crippen molar-refractivity contribution >= 4 is 11.6 Å². The van der Waals surface area contributed by atoms with Crippen LogP contribution in [0.5, 0.6) is 0 Å². The first kappa shape index (κ1) is 16.4. The van der Waals surface area contributed by atoms with Crippen LogP contribution in [0.3, 0.4) is 0 Å². The Kier molecular flexibility index (Phi) is 7.60. The third-order valence-corrected chi connectivity index (χ3v) is 2.84. The highest BCUT2D eigenvalue weighted by atomic mass is 16.5. The van der Waals surface area contributed by atoms with Crippen molar-refractivity contribution < 1.29 is 14.3 Å². The Balaban J connectivity index is 2.86. The van der Waals surface area contributed by atoms with Gasteiger partial charge in [-0.05, 0) is 13.0 Å². The Morgan fingerprint density at radius 1 is 1.30 bits per heavy atom. The molecule has 0 aliphatic rings. The molecule has 112 valence electrons. The smallest absolute Gasteiger partial charge is 0.257 e. The van der Waals surface area contributed by atoms with Crippen molar-refractivity contribution in [3.8, 4) is 0 Å². The molecule has 6 nitrogen and oxygen atoms in total. The predicted molar refractivity (Wildman–Crippen MR) is 78.1 cm³/mol. The van der Waals surface area contributed by atoms with E-state index in [1.54, 1.807) is 31.5 Å². The molecule has 1 heterocycles. The number of aromatic nitrogens is 1. The van der Waals surface area contributed by atoms with E-state index in [0.29, 0.717) is 31.9 Å². The largest absolute Gasteiger partial charge is 0.385 e. The van der Waals surface area contributed by atoms with Crippen LogP contribution in [0.25, 0.3) is 0 Å². The molecule has 0 radical (unpaired) electrons. The summed E-state index contributed by atoms with van der Waals surface area (Å²) in [5, 5.41) is 3.17. The molecule has 0 saturated heterocycles. The number of methoxy groups -OCH3 is 2. The fourth-order valence-corrected chi connectivity index (χ4v) is 1.80. The van der Waals surface area contributed by atoms with Crippen LogP contribution >= 0.6 is 0 Å². The van der Waals surface area contributed by atoms with Gasteiger partial charge < -0.3 is 19.7 Å². The van der Waals surface area contributed by atoms with Crippen LogP contribution in [0.1, 0.15) is 17.3 Å². The molecule has 0 spiro atoms. The van der Waals surface area contributed by atoms with Crippen molar-refractivity contribution in [2.24, 2.45) is 0 Å². The fourth-order valence-electron chi connectivity index (χ4n) is 1.80. The van der Waals surface area contributed by atoms with E-state index < -0.39 is 0 Å². The molecule has 0 unspecified atom stereocenters. The molecule has 1 amide bonds. The van der Waals surface area contributed by atoms with Crippen LogP contribution in [-0.2, 0) is 9.47 Å². The Morgan fingerprint density at radius 2 is 1.95 bits per heavy atom. The van der Waals surface area contributed by atoms with Gasteiger partial charge in [-0.2, -0.15) is 0 Å². The lowest BCUT2D eigenvalue weighted by molar-refractivity contribution is 0.0628. The van der Waals surface area contributed by atoms with E-state index in [4.69, 9.17) is 9.47 Å². The van der Waals surface area contributed by atoms with Crippen molar-refractivity contribution in [3.63, 3.8) is 0 Å². The highest BCUT2D eigenvalue weighted by molar-refractivity contribution is 5.99. The van der Waals surface area contributed by atoms with Gasteiger partial charge >= 0.3 is 0 Å². The number of rotatable bonds is 9. The number of nitrogens with one attached hydrogen (secondary N) is 1. The van der Waals surface area contributed by atoms with Crippen LogP contribution in [0.2, 0.25) is 0 Å². The van der Waals surface area contributed by atoms with Gasteiger partial charge in [0.2, 0.25) is 0 Å². The molecular weight excluding hydrogens is 258 g/mol. The van der Waals surface area contributed by atoms with E-state index in [1.165, 1.54) is 0 Å². The highest BCUT2D eigenvalue weighted by Crippen LogP contribution is 2.15. The van der Waals surface area contributed by atoms with E-state index in [0.717, 1.165) is 12.2 Å². The second-order valence-corrected chi connectivity index (χ2v) is 4.23. The quantitative estimate of drug-likeness (QED) is 0.738. The summed E-state index contributed by atoms with van der Waals surface area (Å²) >= 11 is 0. The molecule has 0 fully saturated rings. The van der Waals surface area contributed by atoms with Gasteiger partial charge in [0.05, 0.1) is 24.5 Å². The van der Waals surface area contributed by atoms with Gasteiger partial charge in [-0.1, -0.05) is 0 Å². The van der Waals surface area contributed by atoms with E-state index in [9.17, 15) is 4.79 Å². The Hall–Kier alpha value is -1.66. The molecule has 0 bridgehead atoms. The summed E-state index contributed by atoms with van der Waals surface area (Å²) in [6.45, 7) is 4.78. The maximum Gasteiger partial charge on any atom is 0.257 e. The van der Waals surface area contributed by atoms with Crippen molar-refractivity contribution in [1.29, 1.82) is 0 Å². The summed E-state index contributed by atoms with van der Waals surface area (Å²) in [6, 6.07) is 1.81. The summed E-state index contributed by atoms with van der Waals surface area (Å²) < 4.78 is 10.1. The van der Waals surface area contributed by atoms with Crippen LogP contribution in [0.4, 0.5) is 5.69 Å². The number of hydrogen-bond donors (Lipinski definition) is 1. The lowest BCUT2D eigenvalue weighted by Crippen LogP contribution is -2.37. The van der Waals surface area contributed by atoms with Crippen LogP contribution in [0.15, 0.2) is 18.5 Å². The lowest BCUT2D eigenvalue weighted by atomic mass is 10.2. The molecule has 0 aromatic carbocycles. The number of anilines is 1. The maximum atomic E-state index is 12.6. The molecule has 20 heavy (non-hydrogen) atoms. The zero-order chi connectivity index (χ0) is 14.8. The van der Waals surface area contributed by atoms with E-state index in [-0.39, 0.29) is 5.91 Å². The Bertz CT molecular complexity index is 404. The number of nitrogens with zero attached hydrogens (tertiary/aromatic N) is 2. The second kappa shape index (κ2) is 9.28. The van der Waals surface area contributed by atoms with Gasteiger partial charge in [0, 0.05) is 46.2 Å². The number of amides is 1. The number of carbonyl (C=O) groups is 1. The van der Waals surface area contributed by atoms with Gasteiger partial charge in [0.25, 0.3) is 5.91 Å². The number of pyridine rings is 1. The molecule has 0 saturated carbocycles. The van der Waals surface area contributed by atoms with Crippen molar-refractivity contribution in [3.05, 3.63) is 24.0 Å². The van der Waals surface area contributed by atoms with Gasteiger partial charge in [0.1, 0.15) is 0 Å². The molecule has 0 aliphatic heterocycles. The van der Waals surface area contributed by atoms with Crippen molar-refractivity contribution in [1.82, 2.24) is 9.88 Å². The molecule has 1 aromatic heterocycles. The Labute approximate surface area is 120 Å². The first-order chi connectivity index (χ1) is 9.74. The molecule has 0 aliphatic carbocycles. The standard InChI is InChI=1S/C14H23N3O3/c1-4-16-13-5-6-15-11-12(13)14(18)17(7-9-19-2)8-10-20-3/h5-6,11H,4,7-10H2,1-3H3,(H,15,16). The highest BCUT2D eigenvalue weighted by Gasteiger charge is 2.18. The zero-order valence-corrected chi connectivity index (χ0v) is 12.4. The predicted octanol–water partition coefficient (Wildman–Crippen LogP) is 1.25. The number of hydrogen-bond acceptors (Lipinski definition) is 5. The molecular formula is C14H23N3O3. The van der Waals surface area contributed by atoms with Crippen LogP contribution in [-0.4, -0.2) is 62.9 Å². The molecule has 1 rings (SSSR count). The monoisotopic (exact) mass is 281 g/mol. The summed E-state index contributed by atoms with van der Waals surface area (Å²) in [4.78, 5) is 18.3. The SMILES string of the molecule is CCNc1ccncc1C(=O)N(CCOC)CCOC. The fraction of sp³-hybridized carbons (Fsp3) is 0.571. The van der Waals surface area contributed by atoms with E-state index in [2.05, 4.69) is 10.3 Å². The second-order valence-electron chi connectivity index (χ2n) is 4.23. The lowest BCUT2D eigenvalue weighted by Gasteiger charge is -2.23.